The highest BCUT2D eigenvalue weighted by atomic mass is 16.5. The minimum Gasteiger partial charge on any atom is -0.496 e. The van der Waals surface area contributed by atoms with Gasteiger partial charge in [-0.2, -0.15) is 9.97 Å². The molecule has 31 heavy (non-hydrogen) atoms. The number of nitrogens with two attached hydrogens (primary N) is 1. The summed E-state index contributed by atoms with van der Waals surface area (Å²) in [5.41, 5.74) is 8.56. The summed E-state index contributed by atoms with van der Waals surface area (Å²) in [6, 6.07) is 6.21. The highest BCUT2D eigenvalue weighted by molar-refractivity contribution is 5.82. The molecule has 1 saturated heterocycles. The van der Waals surface area contributed by atoms with Crippen LogP contribution in [0.2, 0.25) is 0 Å². The number of ether oxygens (including phenoxy) is 3. The van der Waals surface area contributed by atoms with Gasteiger partial charge in [0, 0.05) is 19.2 Å². The number of fused-ring (bicyclic) bond motifs is 1. The van der Waals surface area contributed by atoms with Gasteiger partial charge in [0.25, 0.3) is 0 Å². The van der Waals surface area contributed by atoms with E-state index < -0.39 is 0 Å². The number of hydrogen-bond acceptors (Lipinski definition) is 8. The van der Waals surface area contributed by atoms with Gasteiger partial charge in [-0.15, -0.1) is 0 Å². The zero-order valence-corrected chi connectivity index (χ0v) is 17.9. The number of hydrogen-bond donors (Lipinski definition) is 2. The third-order valence-corrected chi connectivity index (χ3v) is 5.43. The maximum Gasteiger partial charge on any atom is 0.328 e. The van der Waals surface area contributed by atoms with Crippen molar-refractivity contribution in [1.82, 2.24) is 24.4 Å². The van der Waals surface area contributed by atoms with E-state index in [1.807, 2.05) is 6.07 Å². The molecule has 0 amide bonds. The first-order chi connectivity index (χ1) is 15.1. The van der Waals surface area contributed by atoms with Gasteiger partial charge in [-0.3, -0.25) is 9.47 Å². The van der Waals surface area contributed by atoms with Crippen LogP contribution >= 0.6 is 0 Å². The van der Waals surface area contributed by atoms with E-state index in [1.54, 1.807) is 14.2 Å². The second-order valence-electron chi connectivity index (χ2n) is 7.58. The highest BCUT2D eigenvalue weighted by Crippen LogP contribution is 2.25. The summed E-state index contributed by atoms with van der Waals surface area (Å²) in [7, 11) is 3.20. The van der Waals surface area contributed by atoms with Crippen LogP contribution in [0, 0.1) is 0 Å². The fourth-order valence-corrected chi connectivity index (χ4v) is 3.88. The molecule has 0 saturated carbocycles. The van der Waals surface area contributed by atoms with Gasteiger partial charge in [-0.1, -0.05) is 6.07 Å². The SMILES string of the molecule is COCCOc1nc(N)c2[nH]c(=O)n(Cc3cc(CN4CCCC4)ccc3OC)c2n1. The number of benzene rings is 1. The molecule has 10 heteroatoms. The molecule has 1 aliphatic rings. The monoisotopic (exact) mass is 428 g/mol. The first-order valence-corrected chi connectivity index (χ1v) is 10.3. The number of rotatable bonds is 9. The smallest absolute Gasteiger partial charge is 0.328 e. The second-order valence-corrected chi connectivity index (χ2v) is 7.58. The Morgan fingerprint density at radius 3 is 2.68 bits per heavy atom. The van der Waals surface area contributed by atoms with Crippen LogP contribution in [-0.2, 0) is 17.8 Å². The Kier molecular flexibility index (Phi) is 6.38. The normalized spacial score (nSPS) is 14.4. The molecule has 0 atom stereocenters. The number of aromatic nitrogens is 4. The van der Waals surface area contributed by atoms with Crippen molar-refractivity contribution in [2.24, 2.45) is 0 Å². The van der Waals surface area contributed by atoms with Crippen molar-refractivity contribution in [2.75, 3.05) is 46.3 Å². The van der Waals surface area contributed by atoms with Gasteiger partial charge in [-0.05, 0) is 43.6 Å². The molecule has 3 N–H and O–H groups in total. The molecule has 0 radical (unpaired) electrons. The van der Waals surface area contributed by atoms with Crippen molar-refractivity contribution in [2.45, 2.75) is 25.9 Å². The van der Waals surface area contributed by atoms with Gasteiger partial charge in [0.05, 0.1) is 20.3 Å². The number of nitrogens with zero attached hydrogens (tertiary/aromatic N) is 4. The average Bonchev–Trinajstić information content (AvgIpc) is 3.37. The Bertz CT molecular complexity index is 1100. The lowest BCUT2D eigenvalue weighted by atomic mass is 10.1. The fourth-order valence-electron chi connectivity index (χ4n) is 3.88. The second kappa shape index (κ2) is 9.36. The van der Waals surface area contributed by atoms with Crippen molar-refractivity contribution < 1.29 is 14.2 Å². The molecule has 3 aromatic rings. The molecule has 1 aliphatic heterocycles. The van der Waals surface area contributed by atoms with Gasteiger partial charge in [-0.25, -0.2) is 4.79 Å². The van der Waals surface area contributed by atoms with Crippen LogP contribution in [-0.4, -0.2) is 64.9 Å². The molecule has 0 spiro atoms. The molecule has 10 nitrogen and oxygen atoms in total. The Hall–Kier alpha value is -3.11. The minimum absolute atomic E-state index is 0.101. The van der Waals surface area contributed by atoms with Crippen molar-refractivity contribution in [3.05, 3.63) is 39.8 Å². The summed E-state index contributed by atoms with van der Waals surface area (Å²) in [6.07, 6.45) is 2.48. The lowest BCUT2D eigenvalue weighted by molar-refractivity contribution is 0.141. The van der Waals surface area contributed by atoms with Crippen molar-refractivity contribution >= 4 is 17.0 Å². The lowest BCUT2D eigenvalue weighted by Gasteiger charge is -2.17. The molecule has 1 aromatic carbocycles. The van der Waals surface area contributed by atoms with Gasteiger partial charge in [0.1, 0.15) is 17.9 Å². The van der Waals surface area contributed by atoms with Crippen LogP contribution in [0.5, 0.6) is 11.8 Å². The maximum atomic E-state index is 12.7. The van der Waals surface area contributed by atoms with Gasteiger partial charge >= 0.3 is 11.7 Å². The Labute approximate surface area is 179 Å². The fraction of sp³-hybridized carbons (Fsp3) is 0.476. The van der Waals surface area contributed by atoms with E-state index in [0.717, 1.165) is 25.2 Å². The largest absolute Gasteiger partial charge is 0.496 e. The van der Waals surface area contributed by atoms with Crippen LogP contribution < -0.4 is 20.9 Å². The predicted octanol–water partition coefficient (Wildman–Crippen LogP) is 1.38. The summed E-state index contributed by atoms with van der Waals surface area (Å²) in [4.78, 5) is 26.4. The summed E-state index contributed by atoms with van der Waals surface area (Å²) in [6.45, 7) is 4.07. The van der Waals surface area contributed by atoms with E-state index in [0.29, 0.717) is 23.5 Å². The van der Waals surface area contributed by atoms with Crippen LogP contribution in [0.4, 0.5) is 5.82 Å². The number of aromatic amines is 1. The molecule has 0 unspecified atom stereocenters. The van der Waals surface area contributed by atoms with E-state index in [9.17, 15) is 4.79 Å². The van der Waals surface area contributed by atoms with Crippen LogP contribution in [0.1, 0.15) is 24.0 Å². The topological polar surface area (TPSA) is 121 Å². The number of nitrogen functional groups attached to an aromatic ring is 1. The molecule has 2 aromatic heterocycles. The van der Waals surface area contributed by atoms with E-state index >= 15 is 0 Å². The molecule has 166 valence electrons. The van der Waals surface area contributed by atoms with Crippen molar-refractivity contribution in [3.8, 4) is 11.8 Å². The molecule has 1 fully saturated rings. The molecule has 0 aliphatic carbocycles. The Morgan fingerprint density at radius 2 is 1.94 bits per heavy atom. The summed E-state index contributed by atoms with van der Waals surface area (Å²) < 4.78 is 17.6. The zero-order chi connectivity index (χ0) is 21.8. The number of likely N-dealkylation sites (tertiary alicyclic amines) is 1. The van der Waals surface area contributed by atoms with Crippen LogP contribution in [0.3, 0.4) is 0 Å². The minimum atomic E-state index is -0.322. The first-order valence-electron chi connectivity index (χ1n) is 10.3. The summed E-state index contributed by atoms with van der Waals surface area (Å²) in [5, 5.41) is 0. The third kappa shape index (κ3) is 4.64. The van der Waals surface area contributed by atoms with E-state index in [1.165, 1.54) is 23.0 Å². The number of imidazole rings is 1. The molecular weight excluding hydrogens is 400 g/mol. The Morgan fingerprint density at radius 1 is 1.13 bits per heavy atom. The number of anilines is 1. The summed E-state index contributed by atoms with van der Waals surface area (Å²) >= 11 is 0. The van der Waals surface area contributed by atoms with Crippen LogP contribution in [0.25, 0.3) is 11.2 Å². The maximum absolute atomic E-state index is 12.7. The molecule has 4 rings (SSSR count). The zero-order valence-electron chi connectivity index (χ0n) is 17.9. The van der Waals surface area contributed by atoms with Gasteiger partial charge < -0.3 is 24.9 Å². The predicted molar refractivity (Wildman–Crippen MR) is 117 cm³/mol. The number of methoxy groups -OCH3 is 2. The Balaban J connectivity index is 1.66. The third-order valence-electron chi connectivity index (χ3n) is 5.43. The molecular formula is C21H28N6O4. The standard InChI is InChI=1S/C21H28N6O4/c1-29-9-10-31-20-24-18(22)17-19(25-20)27(21(28)23-17)13-15-11-14(5-6-16(15)30-2)12-26-7-3-4-8-26/h5-6,11H,3-4,7-10,12-13H2,1-2H3,(H,23,28)(H2,22,24,25). The van der Waals surface area contributed by atoms with Gasteiger partial charge in [0.15, 0.2) is 11.5 Å². The van der Waals surface area contributed by atoms with Crippen molar-refractivity contribution in [3.63, 3.8) is 0 Å². The summed E-state index contributed by atoms with van der Waals surface area (Å²) in [5.74, 6) is 0.869. The van der Waals surface area contributed by atoms with Crippen LogP contribution in [0.15, 0.2) is 23.0 Å². The van der Waals surface area contributed by atoms with E-state index in [2.05, 4.69) is 32.0 Å². The van der Waals surface area contributed by atoms with E-state index in [4.69, 9.17) is 19.9 Å². The first kappa shape index (κ1) is 21.1. The lowest BCUT2D eigenvalue weighted by Crippen LogP contribution is -2.20. The quantitative estimate of drug-likeness (QED) is 0.491. The average molecular weight is 428 g/mol. The van der Waals surface area contributed by atoms with E-state index in [-0.39, 0.29) is 30.7 Å². The van der Waals surface area contributed by atoms with Crippen molar-refractivity contribution in [1.29, 1.82) is 0 Å². The highest BCUT2D eigenvalue weighted by Gasteiger charge is 2.18. The van der Waals surface area contributed by atoms with Gasteiger partial charge in [0.2, 0.25) is 0 Å². The molecule has 3 heterocycles. The number of H-pyrrole nitrogens is 1. The number of nitrogens with one attached hydrogen (secondary N) is 1. The molecule has 0 bridgehead atoms.